The van der Waals surface area contributed by atoms with Crippen LogP contribution < -0.4 is 5.32 Å². The van der Waals surface area contributed by atoms with Crippen LogP contribution in [0.25, 0.3) is 0 Å². The molecule has 1 aliphatic heterocycles. The molecular weight excluding hydrogens is 429 g/mol. The van der Waals surface area contributed by atoms with E-state index in [4.69, 9.17) is 11.6 Å². The van der Waals surface area contributed by atoms with E-state index in [-0.39, 0.29) is 43.1 Å². The average Bonchev–Trinajstić information content (AvgIpc) is 3.58. The van der Waals surface area contributed by atoms with E-state index in [1.807, 2.05) is 24.3 Å². The average molecular weight is 452 g/mol. The summed E-state index contributed by atoms with van der Waals surface area (Å²) in [6, 6.07) is 12.5. The third-order valence-corrected chi connectivity index (χ3v) is 7.77. The van der Waals surface area contributed by atoms with Crippen LogP contribution in [0.1, 0.15) is 24.4 Å². The summed E-state index contributed by atoms with van der Waals surface area (Å²) in [7, 11) is -3.93. The molecule has 0 aromatic heterocycles. The lowest BCUT2D eigenvalue weighted by atomic mass is 10.0. The van der Waals surface area contributed by atoms with E-state index in [1.165, 1.54) is 22.5 Å². The molecule has 2 fully saturated rings. The molecule has 2 aliphatic rings. The van der Waals surface area contributed by atoms with Crippen LogP contribution in [0.15, 0.2) is 53.4 Å². The summed E-state index contributed by atoms with van der Waals surface area (Å²) in [5, 5.41) is 3.74. The molecule has 2 amide bonds. The molecule has 2 aromatic rings. The van der Waals surface area contributed by atoms with Crippen LogP contribution in [0.2, 0.25) is 5.02 Å². The Kier molecular flexibility index (Phi) is 5.99. The van der Waals surface area contributed by atoms with Crippen molar-refractivity contribution in [3.63, 3.8) is 0 Å². The normalized spacial score (nSPS) is 18.8. The van der Waals surface area contributed by atoms with Crippen molar-refractivity contribution >= 4 is 27.7 Å². The lowest BCUT2D eigenvalue weighted by molar-refractivity contribution is 0.167. The summed E-state index contributed by atoms with van der Waals surface area (Å²) < 4.78 is 40.7. The van der Waals surface area contributed by atoms with E-state index in [0.717, 1.165) is 24.5 Å². The Balaban J connectivity index is 1.39. The van der Waals surface area contributed by atoms with E-state index in [2.05, 4.69) is 5.32 Å². The molecule has 1 aliphatic carbocycles. The summed E-state index contributed by atoms with van der Waals surface area (Å²) in [5.41, 5.74) is 1.01. The summed E-state index contributed by atoms with van der Waals surface area (Å²) >= 11 is 5.97. The highest BCUT2D eigenvalue weighted by atomic mass is 35.5. The molecule has 6 nitrogen and oxygen atoms in total. The van der Waals surface area contributed by atoms with E-state index in [9.17, 15) is 17.6 Å². The standard InChI is InChI=1S/C21H23ClFN3O3S/c22-17-9-7-16(8-10-17)20(15-5-6-15)24-21(27)25-11-13-26(14-12-25)30(28,29)19-4-2-1-3-18(19)23/h1-4,7-10,15,20H,5-6,11-14H2,(H,24,27). The van der Waals surface area contributed by atoms with Crippen molar-refractivity contribution in [3.8, 4) is 0 Å². The minimum atomic E-state index is -3.93. The number of nitrogens with one attached hydrogen (secondary N) is 1. The summed E-state index contributed by atoms with van der Waals surface area (Å²) in [5.74, 6) is -0.370. The number of hydrogen-bond acceptors (Lipinski definition) is 3. The van der Waals surface area contributed by atoms with Crippen LogP contribution in [-0.4, -0.2) is 49.8 Å². The van der Waals surface area contributed by atoms with Gasteiger partial charge in [0.25, 0.3) is 0 Å². The third-order valence-electron chi connectivity index (χ3n) is 5.58. The molecule has 0 radical (unpaired) electrons. The predicted molar refractivity (Wildman–Crippen MR) is 112 cm³/mol. The van der Waals surface area contributed by atoms with Crippen molar-refractivity contribution in [1.29, 1.82) is 0 Å². The second-order valence-corrected chi connectivity index (χ2v) is 9.98. The van der Waals surface area contributed by atoms with Crippen molar-refractivity contribution in [3.05, 3.63) is 64.9 Å². The van der Waals surface area contributed by atoms with Gasteiger partial charge in [-0.3, -0.25) is 0 Å². The summed E-state index contributed by atoms with van der Waals surface area (Å²) in [4.78, 5) is 14.1. The first kappa shape index (κ1) is 21.1. The maximum atomic E-state index is 14.0. The van der Waals surface area contributed by atoms with Gasteiger partial charge < -0.3 is 10.2 Å². The molecule has 2 aromatic carbocycles. The number of carbonyl (C=O) groups is 1. The first-order valence-electron chi connectivity index (χ1n) is 9.92. The quantitative estimate of drug-likeness (QED) is 0.754. The van der Waals surface area contributed by atoms with Crippen molar-refractivity contribution in [1.82, 2.24) is 14.5 Å². The number of halogens is 2. The second-order valence-electron chi connectivity index (χ2n) is 7.64. The zero-order chi connectivity index (χ0) is 21.3. The van der Waals surface area contributed by atoms with Crippen LogP contribution >= 0.6 is 11.6 Å². The molecule has 1 heterocycles. The van der Waals surface area contributed by atoms with Gasteiger partial charge in [0.2, 0.25) is 10.0 Å². The number of urea groups is 1. The number of nitrogens with zero attached hydrogens (tertiary/aromatic N) is 2. The monoisotopic (exact) mass is 451 g/mol. The highest BCUT2D eigenvalue weighted by Crippen LogP contribution is 2.41. The van der Waals surface area contributed by atoms with Crippen molar-refractivity contribution in [2.24, 2.45) is 5.92 Å². The Bertz CT molecular complexity index is 1020. The minimum Gasteiger partial charge on any atom is -0.331 e. The molecule has 1 atom stereocenters. The van der Waals surface area contributed by atoms with E-state index >= 15 is 0 Å². The van der Waals surface area contributed by atoms with Gasteiger partial charge in [-0.15, -0.1) is 0 Å². The Morgan fingerprint density at radius 2 is 1.67 bits per heavy atom. The maximum absolute atomic E-state index is 14.0. The van der Waals surface area contributed by atoms with Crippen LogP contribution in [0, 0.1) is 11.7 Å². The Morgan fingerprint density at radius 1 is 1.03 bits per heavy atom. The third kappa shape index (κ3) is 4.45. The van der Waals surface area contributed by atoms with Gasteiger partial charge in [0.15, 0.2) is 0 Å². The number of amides is 2. The highest BCUT2D eigenvalue weighted by molar-refractivity contribution is 7.89. The lowest BCUT2D eigenvalue weighted by Crippen LogP contribution is -2.53. The fourth-order valence-corrected chi connectivity index (χ4v) is 5.34. The van der Waals surface area contributed by atoms with Crippen LogP contribution in [0.4, 0.5) is 9.18 Å². The molecule has 0 spiro atoms. The van der Waals surface area contributed by atoms with E-state index < -0.39 is 15.8 Å². The smallest absolute Gasteiger partial charge is 0.317 e. The van der Waals surface area contributed by atoms with Gasteiger partial charge in [0, 0.05) is 31.2 Å². The van der Waals surface area contributed by atoms with Crippen molar-refractivity contribution < 1.29 is 17.6 Å². The zero-order valence-electron chi connectivity index (χ0n) is 16.3. The first-order valence-corrected chi connectivity index (χ1v) is 11.7. The van der Waals surface area contributed by atoms with Gasteiger partial charge in [0.05, 0.1) is 6.04 Å². The minimum absolute atomic E-state index is 0.0880. The number of sulfonamides is 1. The SMILES string of the molecule is O=C(NC(c1ccc(Cl)cc1)C1CC1)N1CCN(S(=O)(=O)c2ccccc2F)CC1. The molecule has 30 heavy (non-hydrogen) atoms. The number of rotatable bonds is 5. The maximum Gasteiger partial charge on any atom is 0.317 e. The Hall–Kier alpha value is -2.16. The number of piperazine rings is 1. The molecule has 1 saturated carbocycles. The van der Waals surface area contributed by atoms with Gasteiger partial charge in [-0.2, -0.15) is 4.31 Å². The Labute approximate surface area is 180 Å². The van der Waals surface area contributed by atoms with Crippen LogP contribution in [-0.2, 0) is 10.0 Å². The van der Waals surface area contributed by atoms with Crippen LogP contribution in [0.3, 0.4) is 0 Å². The van der Waals surface area contributed by atoms with Gasteiger partial charge in [-0.25, -0.2) is 17.6 Å². The van der Waals surface area contributed by atoms with Gasteiger partial charge in [0.1, 0.15) is 10.7 Å². The highest BCUT2D eigenvalue weighted by Gasteiger charge is 2.36. The topological polar surface area (TPSA) is 69.7 Å². The molecular formula is C21H23ClFN3O3S. The zero-order valence-corrected chi connectivity index (χ0v) is 17.9. The number of carbonyl (C=O) groups excluding carboxylic acids is 1. The second kappa shape index (κ2) is 8.53. The fourth-order valence-electron chi connectivity index (χ4n) is 3.72. The van der Waals surface area contributed by atoms with E-state index in [1.54, 1.807) is 4.90 Å². The molecule has 0 bridgehead atoms. The predicted octanol–water partition coefficient (Wildman–Crippen LogP) is 3.65. The van der Waals surface area contributed by atoms with Gasteiger partial charge in [-0.05, 0) is 48.6 Å². The molecule has 9 heteroatoms. The fraction of sp³-hybridized carbons (Fsp3) is 0.381. The molecule has 1 saturated heterocycles. The number of hydrogen-bond donors (Lipinski definition) is 1. The summed E-state index contributed by atoms with van der Waals surface area (Å²) in [6.45, 7) is 0.743. The Morgan fingerprint density at radius 3 is 2.27 bits per heavy atom. The van der Waals surface area contributed by atoms with Gasteiger partial charge in [-0.1, -0.05) is 35.9 Å². The number of benzene rings is 2. The van der Waals surface area contributed by atoms with Crippen LogP contribution in [0.5, 0.6) is 0 Å². The summed E-state index contributed by atoms with van der Waals surface area (Å²) in [6.07, 6.45) is 2.12. The van der Waals surface area contributed by atoms with Gasteiger partial charge >= 0.3 is 6.03 Å². The molecule has 1 N–H and O–H groups in total. The molecule has 4 rings (SSSR count). The van der Waals surface area contributed by atoms with Crippen molar-refractivity contribution in [2.75, 3.05) is 26.2 Å². The molecule has 160 valence electrons. The van der Waals surface area contributed by atoms with E-state index in [0.29, 0.717) is 10.9 Å². The largest absolute Gasteiger partial charge is 0.331 e. The van der Waals surface area contributed by atoms with Crippen molar-refractivity contribution in [2.45, 2.75) is 23.8 Å². The lowest BCUT2D eigenvalue weighted by Gasteiger charge is -2.35. The molecule has 1 unspecified atom stereocenters. The first-order chi connectivity index (χ1) is 14.4.